The van der Waals surface area contributed by atoms with Crippen molar-refractivity contribution in [1.82, 2.24) is 0 Å². The van der Waals surface area contributed by atoms with Crippen molar-refractivity contribution in [2.24, 2.45) is 10.8 Å². The molecule has 0 saturated heterocycles. The van der Waals surface area contributed by atoms with Gasteiger partial charge in [-0.2, -0.15) is 0 Å². The Kier molecular flexibility index (Phi) is 8.79. The number of carboxylic acids is 1. The SMILES string of the molecule is CC(C)(CCO)CCCC(=O)CCCC(C)(C)CC(=O)O. The summed E-state index contributed by atoms with van der Waals surface area (Å²) in [4.78, 5) is 22.5. The predicted octanol–water partition coefficient (Wildman–Crippen LogP) is 3.81. The first-order chi connectivity index (χ1) is 9.58. The Morgan fingerprint density at radius 1 is 0.857 bits per heavy atom. The van der Waals surface area contributed by atoms with Crippen LogP contribution in [-0.4, -0.2) is 28.6 Å². The first-order valence-electron chi connectivity index (χ1n) is 7.92. The number of aliphatic carboxylic acids is 1. The van der Waals surface area contributed by atoms with Gasteiger partial charge in [-0.25, -0.2) is 0 Å². The molecule has 0 unspecified atom stereocenters. The Bertz CT molecular complexity index is 332. The third-order valence-corrected chi connectivity index (χ3v) is 4.04. The maximum absolute atomic E-state index is 11.8. The summed E-state index contributed by atoms with van der Waals surface area (Å²) < 4.78 is 0. The van der Waals surface area contributed by atoms with Gasteiger partial charge < -0.3 is 10.2 Å². The van der Waals surface area contributed by atoms with E-state index in [2.05, 4.69) is 13.8 Å². The molecule has 0 rings (SSSR count). The van der Waals surface area contributed by atoms with Crippen LogP contribution in [0, 0.1) is 10.8 Å². The Morgan fingerprint density at radius 3 is 1.76 bits per heavy atom. The Labute approximate surface area is 128 Å². The fraction of sp³-hybridized carbons (Fsp3) is 0.882. The van der Waals surface area contributed by atoms with Crippen molar-refractivity contribution in [2.75, 3.05) is 6.61 Å². The van der Waals surface area contributed by atoms with Crippen LogP contribution in [0.25, 0.3) is 0 Å². The summed E-state index contributed by atoms with van der Waals surface area (Å²) >= 11 is 0. The molecule has 0 amide bonds. The number of aliphatic hydroxyl groups is 1. The van der Waals surface area contributed by atoms with Crippen LogP contribution < -0.4 is 0 Å². The van der Waals surface area contributed by atoms with E-state index in [0.29, 0.717) is 12.8 Å². The summed E-state index contributed by atoms with van der Waals surface area (Å²) in [5.41, 5.74) is -0.145. The highest BCUT2D eigenvalue weighted by molar-refractivity contribution is 5.78. The number of carboxylic acid groups (broad SMARTS) is 1. The third kappa shape index (κ3) is 11.4. The Hall–Kier alpha value is -0.900. The van der Waals surface area contributed by atoms with Crippen LogP contribution in [0.15, 0.2) is 0 Å². The molecule has 4 nitrogen and oxygen atoms in total. The predicted molar refractivity (Wildman–Crippen MR) is 84.2 cm³/mol. The van der Waals surface area contributed by atoms with Gasteiger partial charge in [0.1, 0.15) is 5.78 Å². The summed E-state index contributed by atoms with van der Waals surface area (Å²) in [7, 11) is 0. The van der Waals surface area contributed by atoms with E-state index in [1.807, 2.05) is 13.8 Å². The van der Waals surface area contributed by atoms with Gasteiger partial charge in [-0.3, -0.25) is 9.59 Å². The van der Waals surface area contributed by atoms with E-state index in [4.69, 9.17) is 10.2 Å². The summed E-state index contributed by atoms with van der Waals surface area (Å²) in [5, 5.41) is 17.8. The molecule has 0 aromatic rings. The van der Waals surface area contributed by atoms with Gasteiger partial charge in [-0.1, -0.05) is 27.7 Å². The van der Waals surface area contributed by atoms with Gasteiger partial charge in [0.2, 0.25) is 0 Å². The topological polar surface area (TPSA) is 74.6 Å². The molecule has 0 heterocycles. The van der Waals surface area contributed by atoms with Gasteiger partial charge in [-0.05, 0) is 42.9 Å². The zero-order valence-electron chi connectivity index (χ0n) is 14.1. The molecule has 0 aliphatic heterocycles. The second-order valence-corrected chi connectivity index (χ2v) is 7.62. The first-order valence-corrected chi connectivity index (χ1v) is 7.92. The van der Waals surface area contributed by atoms with Crippen molar-refractivity contribution < 1.29 is 19.8 Å². The highest BCUT2D eigenvalue weighted by Gasteiger charge is 2.22. The normalized spacial score (nSPS) is 12.4. The van der Waals surface area contributed by atoms with Gasteiger partial charge >= 0.3 is 5.97 Å². The van der Waals surface area contributed by atoms with E-state index in [1.165, 1.54) is 0 Å². The number of hydrogen-bond acceptors (Lipinski definition) is 3. The molecule has 21 heavy (non-hydrogen) atoms. The molecule has 0 aliphatic rings. The number of carbonyl (C=O) groups is 2. The van der Waals surface area contributed by atoms with Crippen molar-refractivity contribution in [3.8, 4) is 0 Å². The minimum atomic E-state index is -0.780. The van der Waals surface area contributed by atoms with Crippen LogP contribution in [0.3, 0.4) is 0 Å². The summed E-state index contributed by atoms with van der Waals surface area (Å²) in [5.74, 6) is -0.515. The number of hydrogen-bond donors (Lipinski definition) is 2. The maximum atomic E-state index is 11.8. The molecule has 4 heteroatoms. The molecule has 0 aromatic heterocycles. The monoisotopic (exact) mass is 300 g/mol. The average molecular weight is 300 g/mol. The molecule has 0 saturated carbocycles. The van der Waals surface area contributed by atoms with Gasteiger partial charge in [0.15, 0.2) is 0 Å². The lowest BCUT2D eigenvalue weighted by Gasteiger charge is -2.23. The number of carbonyl (C=O) groups excluding carboxylic acids is 1. The van der Waals surface area contributed by atoms with Gasteiger partial charge in [-0.15, -0.1) is 0 Å². The number of ketones is 1. The second kappa shape index (κ2) is 9.19. The highest BCUT2D eigenvalue weighted by Crippen LogP contribution is 2.29. The zero-order valence-corrected chi connectivity index (χ0v) is 14.1. The van der Waals surface area contributed by atoms with Crippen LogP contribution in [0.1, 0.15) is 79.1 Å². The van der Waals surface area contributed by atoms with Crippen molar-refractivity contribution in [2.45, 2.75) is 79.1 Å². The van der Waals surface area contributed by atoms with E-state index >= 15 is 0 Å². The molecule has 2 N–H and O–H groups in total. The molecule has 0 aliphatic carbocycles. The number of rotatable bonds is 12. The quantitative estimate of drug-likeness (QED) is 0.575. The summed E-state index contributed by atoms with van der Waals surface area (Å²) in [6.45, 7) is 8.29. The molecule has 0 aromatic carbocycles. The van der Waals surface area contributed by atoms with E-state index < -0.39 is 5.97 Å². The molecular formula is C17H32O4. The van der Waals surface area contributed by atoms with E-state index in [1.54, 1.807) is 0 Å². The Morgan fingerprint density at radius 2 is 1.33 bits per heavy atom. The lowest BCUT2D eigenvalue weighted by molar-refractivity contribution is -0.139. The molecule has 0 bridgehead atoms. The number of aliphatic hydroxyl groups excluding tert-OH is 1. The maximum Gasteiger partial charge on any atom is 0.303 e. The van der Waals surface area contributed by atoms with Gasteiger partial charge in [0.05, 0.1) is 6.42 Å². The molecule has 0 radical (unpaired) electrons. The first kappa shape index (κ1) is 20.1. The van der Waals surface area contributed by atoms with Crippen LogP contribution in [-0.2, 0) is 9.59 Å². The van der Waals surface area contributed by atoms with E-state index in [-0.39, 0.29) is 29.6 Å². The lowest BCUT2D eigenvalue weighted by Crippen LogP contribution is -2.17. The molecule has 0 fully saturated rings. The fourth-order valence-corrected chi connectivity index (χ4v) is 2.58. The van der Waals surface area contributed by atoms with Crippen molar-refractivity contribution >= 4 is 11.8 Å². The molecule has 0 atom stereocenters. The van der Waals surface area contributed by atoms with Crippen molar-refractivity contribution in [1.29, 1.82) is 0 Å². The van der Waals surface area contributed by atoms with Crippen LogP contribution in [0.2, 0.25) is 0 Å². The lowest BCUT2D eigenvalue weighted by atomic mass is 9.82. The highest BCUT2D eigenvalue weighted by atomic mass is 16.4. The molecular weight excluding hydrogens is 268 g/mol. The largest absolute Gasteiger partial charge is 0.481 e. The summed E-state index contributed by atoms with van der Waals surface area (Å²) in [6, 6.07) is 0. The van der Waals surface area contributed by atoms with Gasteiger partial charge in [0.25, 0.3) is 0 Å². The standard InChI is InChI=1S/C17H32O4/c1-16(2,11-12-18)9-5-7-14(19)8-6-10-17(3,4)13-15(20)21/h18H,5-13H2,1-4H3,(H,20,21). The third-order valence-electron chi connectivity index (χ3n) is 4.04. The number of Topliss-reactive ketones (excluding diaryl/α,β-unsaturated/α-hetero) is 1. The van der Waals surface area contributed by atoms with Crippen molar-refractivity contribution in [3.05, 3.63) is 0 Å². The van der Waals surface area contributed by atoms with E-state index in [0.717, 1.165) is 32.1 Å². The minimum Gasteiger partial charge on any atom is -0.481 e. The summed E-state index contributed by atoms with van der Waals surface area (Å²) in [6.07, 6.45) is 5.40. The second-order valence-electron chi connectivity index (χ2n) is 7.62. The van der Waals surface area contributed by atoms with Gasteiger partial charge in [0, 0.05) is 19.4 Å². The smallest absolute Gasteiger partial charge is 0.303 e. The zero-order chi connectivity index (χ0) is 16.5. The minimum absolute atomic E-state index is 0.0957. The average Bonchev–Trinajstić information content (AvgIpc) is 2.25. The Balaban J connectivity index is 3.84. The van der Waals surface area contributed by atoms with E-state index in [9.17, 15) is 9.59 Å². The molecule has 0 spiro atoms. The van der Waals surface area contributed by atoms with Crippen LogP contribution in [0.5, 0.6) is 0 Å². The van der Waals surface area contributed by atoms with Crippen molar-refractivity contribution in [3.63, 3.8) is 0 Å². The van der Waals surface area contributed by atoms with Crippen LogP contribution in [0.4, 0.5) is 0 Å². The molecule has 124 valence electrons. The fourth-order valence-electron chi connectivity index (χ4n) is 2.58. The van der Waals surface area contributed by atoms with Crippen LogP contribution >= 0.6 is 0 Å².